The van der Waals surface area contributed by atoms with Crippen molar-refractivity contribution in [3.05, 3.63) is 54.2 Å². The van der Waals surface area contributed by atoms with Crippen LogP contribution in [0.1, 0.15) is 0 Å². The third kappa shape index (κ3) is 2.85. The van der Waals surface area contributed by atoms with Gasteiger partial charge in [0.2, 0.25) is 0 Å². The molecule has 3 N–H and O–H groups in total. The Balaban J connectivity index is 1.79. The summed E-state index contributed by atoms with van der Waals surface area (Å²) in [5.41, 5.74) is 4.67. The van der Waals surface area contributed by atoms with Crippen LogP contribution < -0.4 is 10.6 Å². The van der Waals surface area contributed by atoms with Crippen LogP contribution in [-0.4, -0.2) is 32.0 Å². The number of fused-ring (bicyclic) bond motifs is 1. The van der Waals surface area contributed by atoms with E-state index < -0.39 is 0 Å². The van der Waals surface area contributed by atoms with Crippen molar-refractivity contribution in [2.75, 3.05) is 17.7 Å². The Kier molecular flexibility index (Phi) is 3.91. The number of rotatable bonds is 4. The Morgan fingerprint density at radius 3 is 2.88 bits per heavy atom. The van der Waals surface area contributed by atoms with Gasteiger partial charge in [0.1, 0.15) is 23.4 Å². The van der Waals surface area contributed by atoms with Gasteiger partial charge in [-0.3, -0.25) is 0 Å². The van der Waals surface area contributed by atoms with E-state index in [4.69, 9.17) is 11.6 Å². The number of anilines is 3. The van der Waals surface area contributed by atoms with E-state index >= 15 is 0 Å². The zero-order chi connectivity index (χ0) is 17.2. The summed E-state index contributed by atoms with van der Waals surface area (Å²) in [6, 6.07) is 9.47. The molecule has 0 saturated carbocycles. The van der Waals surface area contributed by atoms with Gasteiger partial charge in [0.25, 0.3) is 0 Å². The van der Waals surface area contributed by atoms with Gasteiger partial charge >= 0.3 is 0 Å². The highest BCUT2D eigenvalue weighted by atomic mass is 35.5. The molecule has 0 saturated heterocycles. The molecular weight excluding hydrogens is 338 g/mol. The molecule has 0 amide bonds. The summed E-state index contributed by atoms with van der Waals surface area (Å²) in [5, 5.41) is 7.04. The third-order valence-electron chi connectivity index (χ3n) is 3.78. The molecule has 4 rings (SSSR count). The number of H-pyrrole nitrogens is 1. The zero-order valence-electron chi connectivity index (χ0n) is 13.3. The minimum absolute atomic E-state index is 0.615. The summed E-state index contributed by atoms with van der Waals surface area (Å²) in [6.45, 7) is 0. The largest absolute Gasteiger partial charge is 0.387 e. The van der Waals surface area contributed by atoms with Gasteiger partial charge in [-0.15, -0.1) is 0 Å². The van der Waals surface area contributed by atoms with Crippen LogP contribution in [0.5, 0.6) is 0 Å². The van der Waals surface area contributed by atoms with Crippen molar-refractivity contribution in [3.63, 3.8) is 0 Å². The van der Waals surface area contributed by atoms with Crippen molar-refractivity contribution in [1.82, 2.24) is 24.9 Å². The van der Waals surface area contributed by atoms with E-state index in [2.05, 4.69) is 35.6 Å². The van der Waals surface area contributed by atoms with Crippen molar-refractivity contribution in [2.45, 2.75) is 0 Å². The number of pyridine rings is 1. The minimum Gasteiger partial charge on any atom is -0.387 e. The normalized spacial score (nSPS) is 10.8. The molecule has 0 unspecified atom stereocenters. The fraction of sp³-hybridized carbons (Fsp3) is 0.0588. The topological polar surface area (TPSA) is 91.4 Å². The van der Waals surface area contributed by atoms with Gasteiger partial charge < -0.3 is 15.6 Å². The van der Waals surface area contributed by atoms with E-state index in [0.717, 1.165) is 28.1 Å². The lowest BCUT2D eigenvalue weighted by Crippen LogP contribution is -1.99. The number of aromatic nitrogens is 5. The fourth-order valence-electron chi connectivity index (χ4n) is 2.60. The molecule has 25 heavy (non-hydrogen) atoms. The van der Waals surface area contributed by atoms with Gasteiger partial charge in [0.15, 0.2) is 5.65 Å². The number of nitrogens with one attached hydrogen (secondary N) is 3. The van der Waals surface area contributed by atoms with Crippen LogP contribution in [0.3, 0.4) is 0 Å². The average molecular weight is 352 g/mol. The fourth-order valence-corrected chi connectivity index (χ4v) is 2.81. The third-order valence-corrected chi connectivity index (χ3v) is 4.11. The van der Waals surface area contributed by atoms with Crippen LogP contribution in [0.2, 0.25) is 5.02 Å². The lowest BCUT2D eigenvalue weighted by Gasteiger charge is -2.12. The van der Waals surface area contributed by atoms with Crippen molar-refractivity contribution >= 4 is 40.0 Å². The Hall–Kier alpha value is -3.19. The predicted molar refractivity (Wildman–Crippen MR) is 99.2 cm³/mol. The lowest BCUT2D eigenvalue weighted by atomic mass is 10.1. The molecule has 1 aromatic carbocycles. The summed E-state index contributed by atoms with van der Waals surface area (Å²) < 4.78 is 0. The van der Waals surface area contributed by atoms with Crippen LogP contribution in [0, 0.1) is 0 Å². The molecule has 8 heteroatoms. The first-order valence-corrected chi connectivity index (χ1v) is 7.98. The Bertz CT molecular complexity index is 1040. The highest BCUT2D eigenvalue weighted by molar-refractivity contribution is 6.33. The molecule has 0 aliphatic carbocycles. The van der Waals surface area contributed by atoms with Crippen LogP contribution >= 0.6 is 11.6 Å². The highest BCUT2D eigenvalue weighted by Gasteiger charge is 2.13. The van der Waals surface area contributed by atoms with Crippen molar-refractivity contribution in [3.8, 4) is 11.3 Å². The molecule has 4 aromatic rings. The van der Waals surface area contributed by atoms with E-state index in [-0.39, 0.29) is 0 Å². The van der Waals surface area contributed by atoms with E-state index in [1.165, 1.54) is 6.33 Å². The average Bonchev–Trinajstić information content (AvgIpc) is 3.12. The molecule has 0 atom stereocenters. The standard InChI is InChI=1S/C17H14ClN7/c1-19-13-7-10(4-5-12(13)18)25-16-11(3-2-6-20-16)14-15-17(23-8-21-14)24-9-22-15/h2-9,19H,1H3,(H,20,25)(H,21,22,23,24). The molecule has 0 fully saturated rings. The van der Waals surface area contributed by atoms with Gasteiger partial charge in [0.05, 0.1) is 17.0 Å². The zero-order valence-corrected chi connectivity index (χ0v) is 14.0. The van der Waals surface area contributed by atoms with E-state index in [9.17, 15) is 0 Å². The van der Waals surface area contributed by atoms with E-state index in [0.29, 0.717) is 16.5 Å². The number of imidazole rings is 1. The molecule has 3 aromatic heterocycles. The van der Waals surface area contributed by atoms with Gasteiger partial charge in [-0.25, -0.2) is 19.9 Å². The number of nitrogens with zero attached hydrogens (tertiary/aromatic N) is 4. The Morgan fingerprint density at radius 1 is 1.08 bits per heavy atom. The van der Waals surface area contributed by atoms with Gasteiger partial charge in [0, 0.05) is 24.5 Å². The first kappa shape index (κ1) is 15.3. The van der Waals surface area contributed by atoms with Gasteiger partial charge in [-0.1, -0.05) is 11.6 Å². The molecule has 0 aliphatic rings. The summed E-state index contributed by atoms with van der Waals surface area (Å²) in [7, 11) is 1.83. The lowest BCUT2D eigenvalue weighted by molar-refractivity contribution is 1.19. The molecule has 0 aliphatic heterocycles. The SMILES string of the molecule is CNc1cc(Nc2ncccc2-c2ncnc3nc[nH]c23)ccc1Cl. The second kappa shape index (κ2) is 6.37. The second-order valence-electron chi connectivity index (χ2n) is 5.29. The molecule has 124 valence electrons. The molecular formula is C17H14ClN7. The summed E-state index contributed by atoms with van der Waals surface area (Å²) in [4.78, 5) is 20.3. The van der Waals surface area contributed by atoms with Crippen LogP contribution in [0.25, 0.3) is 22.4 Å². The maximum atomic E-state index is 6.15. The van der Waals surface area contributed by atoms with Crippen LogP contribution in [0.4, 0.5) is 17.2 Å². The number of halogens is 1. The van der Waals surface area contributed by atoms with Crippen LogP contribution in [0.15, 0.2) is 49.2 Å². The number of hydrogen-bond acceptors (Lipinski definition) is 6. The number of aromatic amines is 1. The first-order valence-electron chi connectivity index (χ1n) is 7.60. The maximum Gasteiger partial charge on any atom is 0.181 e. The number of benzene rings is 1. The maximum absolute atomic E-state index is 6.15. The monoisotopic (exact) mass is 351 g/mol. The molecule has 0 bridgehead atoms. The van der Waals surface area contributed by atoms with E-state index in [1.54, 1.807) is 12.5 Å². The van der Waals surface area contributed by atoms with Crippen molar-refractivity contribution in [2.24, 2.45) is 0 Å². The summed E-state index contributed by atoms with van der Waals surface area (Å²) in [5.74, 6) is 0.682. The van der Waals surface area contributed by atoms with Crippen LogP contribution in [-0.2, 0) is 0 Å². The Labute approximate surface area is 148 Å². The molecule has 0 radical (unpaired) electrons. The van der Waals surface area contributed by atoms with Crippen molar-refractivity contribution in [1.29, 1.82) is 0 Å². The first-order chi connectivity index (χ1) is 12.3. The molecule has 0 spiro atoms. The second-order valence-corrected chi connectivity index (χ2v) is 5.70. The predicted octanol–water partition coefficient (Wildman–Crippen LogP) is 3.85. The van der Waals surface area contributed by atoms with Crippen molar-refractivity contribution < 1.29 is 0 Å². The highest BCUT2D eigenvalue weighted by Crippen LogP contribution is 2.32. The van der Waals surface area contributed by atoms with E-state index in [1.807, 2.05) is 37.4 Å². The summed E-state index contributed by atoms with van der Waals surface area (Å²) >= 11 is 6.15. The molecule has 7 nitrogen and oxygen atoms in total. The van der Waals surface area contributed by atoms with Gasteiger partial charge in [-0.05, 0) is 30.3 Å². The molecule has 3 heterocycles. The smallest absolute Gasteiger partial charge is 0.181 e. The quantitative estimate of drug-likeness (QED) is 0.517. The Morgan fingerprint density at radius 2 is 2.00 bits per heavy atom. The van der Waals surface area contributed by atoms with Gasteiger partial charge in [-0.2, -0.15) is 0 Å². The summed E-state index contributed by atoms with van der Waals surface area (Å²) in [6.07, 6.45) is 4.83. The number of hydrogen-bond donors (Lipinski definition) is 3. The minimum atomic E-state index is 0.615.